The maximum atomic E-state index is 13.0. The van der Waals surface area contributed by atoms with E-state index in [2.05, 4.69) is 27.2 Å². The third-order valence-electron chi connectivity index (χ3n) is 3.97. The molecule has 0 radical (unpaired) electrons. The van der Waals surface area contributed by atoms with Gasteiger partial charge in [0, 0.05) is 5.69 Å². The minimum Gasteiger partial charge on any atom is -0.344 e. The third kappa shape index (κ3) is 4.12. The van der Waals surface area contributed by atoms with Crippen LogP contribution in [0.4, 0.5) is 8.78 Å². The molecule has 0 unspecified atom stereocenters. The largest absolute Gasteiger partial charge is 0.344 e. The van der Waals surface area contributed by atoms with Crippen molar-refractivity contribution in [3.63, 3.8) is 0 Å². The van der Waals surface area contributed by atoms with Crippen LogP contribution in [0.5, 0.6) is 0 Å². The van der Waals surface area contributed by atoms with Crippen LogP contribution in [-0.2, 0) is 15.1 Å². The summed E-state index contributed by atoms with van der Waals surface area (Å²) in [7, 11) is 0. The predicted octanol–water partition coefficient (Wildman–Crippen LogP) is 1.91. The highest BCUT2D eigenvalue weighted by molar-refractivity contribution is 5.90. The first kappa shape index (κ1) is 18.0. The zero-order valence-corrected chi connectivity index (χ0v) is 13.4. The van der Waals surface area contributed by atoms with Gasteiger partial charge in [0.25, 0.3) is 6.43 Å². The molecular weight excluding hydrogens is 318 g/mol. The van der Waals surface area contributed by atoms with Gasteiger partial charge in [-0.1, -0.05) is 19.4 Å². The van der Waals surface area contributed by atoms with E-state index in [1.165, 1.54) is 6.07 Å². The second kappa shape index (κ2) is 7.46. The van der Waals surface area contributed by atoms with E-state index in [-0.39, 0.29) is 18.1 Å². The molecule has 2 rings (SSSR count). The molecule has 6 nitrogen and oxygen atoms in total. The Morgan fingerprint density at radius 2 is 2.04 bits per heavy atom. The van der Waals surface area contributed by atoms with Crippen molar-refractivity contribution in [2.75, 3.05) is 6.54 Å². The molecule has 1 aliphatic carbocycles. The van der Waals surface area contributed by atoms with Gasteiger partial charge in [0.1, 0.15) is 5.69 Å². The molecule has 2 amide bonds. The molecule has 1 heterocycles. The van der Waals surface area contributed by atoms with Crippen LogP contribution < -0.4 is 10.6 Å². The molecule has 1 saturated carbocycles. The van der Waals surface area contributed by atoms with Crippen molar-refractivity contribution in [1.82, 2.24) is 20.6 Å². The molecular formula is C16H20F2N4O2. The summed E-state index contributed by atoms with van der Waals surface area (Å²) in [6.07, 6.45) is 1.17. The average Bonchev–Trinajstić information content (AvgIpc) is 3.01. The molecule has 1 aliphatic rings. The van der Waals surface area contributed by atoms with Gasteiger partial charge >= 0.3 is 0 Å². The molecule has 24 heavy (non-hydrogen) atoms. The summed E-state index contributed by atoms with van der Waals surface area (Å²) in [6.45, 7) is 4.70. The number of rotatable bonds is 6. The van der Waals surface area contributed by atoms with Gasteiger partial charge in [-0.05, 0) is 31.9 Å². The number of amides is 2. The van der Waals surface area contributed by atoms with Crippen LogP contribution in [0.25, 0.3) is 0 Å². The van der Waals surface area contributed by atoms with Gasteiger partial charge in [0.2, 0.25) is 11.8 Å². The Balaban J connectivity index is 2.23. The minimum absolute atomic E-state index is 0.207. The van der Waals surface area contributed by atoms with Crippen LogP contribution in [-0.4, -0.2) is 28.3 Å². The summed E-state index contributed by atoms with van der Waals surface area (Å²) in [4.78, 5) is 31.5. The first-order valence-electron chi connectivity index (χ1n) is 7.72. The van der Waals surface area contributed by atoms with Crippen molar-refractivity contribution in [2.24, 2.45) is 0 Å². The van der Waals surface area contributed by atoms with E-state index in [1.807, 2.05) is 0 Å². The van der Waals surface area contributed by atoms with Gasteiger partial charge in [-0.2, -0.15) is 0 Å². The van der Waals surface area contributed by atoms with Crippen molar-refractivity contribution < 1.29 is 18.4 Å². The highest BCUT2D eigenvalue weighted by Crippen LogP contribution is 2.37. The molecule has 1 fully saturated rings. The molecule has 0 aromatic carbocycles. The molecule has 0 spiro atoms. The average molecular weight is 338 g/mol. The van der Waals surface area contributed by atoms with Crippen LogP contribution in [0.1, 0.15) is 49.3 Å². The number of aromatic nitrogens is 2. The van der Waals surface area contributed by atoms with Crippen LogP contribution >= 0.6 is 0 Å². The highest BCUT2D eigenvalue weighted by Gasteiger charge is 2.40. The van der Waals surface area contributed by atoms with Gasteiger partial charge in [-0.15, -0.1) is 0 Å². The lowest BCUT2D eigenvalue weighted by molar-refractivity contribution is -0.125. The molecule has 1 aromatic heterocycles. The van der Waals surface area contributed by atoms with Gasteiger partial charge in [0.05, 0.1) is 12.1 Å². The molecule has 1 aromatic rings. The molecule has 8 heteroatoms. The number of carbonyl (C=O) groups is 2. The topological polar surface area (TPSA) is 84.0 Å². The van der Waals surface area contributed by atoms with Crippen molar-refractivity contribution in [3.8, 4) is 0 Å². The molecule has 0 atom stereocenters. The Kier molecular flexibility index (Phi) is 5.58. The zero-order valence-electron chi connectivity index (χ0n) is 13.4. The lowest BCUT2D eigenvalue weighted by atomic mass is 9.95. The Hall–Kier alpha value is -2.38. The number of alkyl halides is 2. The Morgan fingerprint density at radius 1 is 1.38 bits per heavy atom. The fourth-order valence-corrected chi connectivity index (χ4v) is 2.85. The van der Waals surface area contributed by atoms with Gasteiger partial charge in [-0.25, -0.2) is 18.7 Å². The van der Waals surface area contributed by atoms with E-state index in [0.717, 1.165) is 18.9 Å². The number of nitrogens with one attached hydrogen (secondary N) is 2. The lowest BCUT2D eigenvalue weighted by Gasteiger charge is -2.29. The molecule has 130 valence electrons. The number of carbonyl (C=O) groups excluding carboxylic acids is 2. The number of nitrogens with zero attached hydrogens (tertiary/aromatic N) is 2. The standard InChI is InChI=1S/C16H20F2N4O2/c1-3-12(23)19-9-13(24)22-16(6-4-5-7-16)15-20-10(2)8-11(21-15)14(17)18/h3,8,14H,1,4-7,9H2,2H3,(H,19,23)(H,22,24). The van der Waals surface area contributed by atoms with E-state index in [9.17, 15) is 18.4 Å². The van der Waals surface area contributed by atoms with Crippen molar-refractivity contribution in [3.05, 3.63) is 35.9 Å². The quantitative estimate of drug-likeness (QED) is 0.776. The van der Waals surface area contributed by atoms with E-state index in [1.54, 1.807) is 6.92 Å². The van der Waals surface area contributed by atoms with Crippen LogP contribution in [0.15, 0.2) is 18.7 Å². The fourth-order valence-electron chi connectivity index (χ4n) is 2.85. The van der Waals surface area contributed by atoms with Crippen molar-refractivity contribution in [2.45, 2.75) is 44.6 Å². The minimum atomic E-state index is -2.70. The van der Waals surface area contributed by atoms with E-state index < -0.39 is 23.8 Å². The van der Waals surface area contributed by atoms with Gasteiger partial charge < -0.3 is 10.6 Å². The smallest absolute Gasteiger partial charge is 0.280 e. The summed E-state index contributed by atoms with van der Waals surface area (Å²) in [5.74, 6) is -0.674. The van der Waals surface area contributed by atoms with E-state index in [4.69, 9.17) is 0 Å². The second-order valence-corrected chi connectivity index (χ2v) is 5.82. The maximum Gasteiger partial charge on any atom is 0.280 e. The maximum absolute atomic E-state index is 13.0. The van der Waals surface area contributed by atoms with E-state index in [0.29, 0.717) is 18.5 Å². The first-order valence-corrected chi connectivity index (χ1v) is 7.72. The Labute approximate surface area is 138 Å². The number of halogens is 2. The third-order valence-corrected chi connectivity index (χ3v) is 3.97. The zero-order chi connectivity index (χ0) is 17.7. The first-order chi connectivity index (χ1) is 11.4. The lowest BCUT2D eigenvalue weighted by Crippen LogP contribution is -2.48. The molecule has 2 N–H and O–H groups in total. The normalized spacial score (nSPS) is 16.0. The highest BCUT2D eigenvalue weighted by atomic mass is 19.3. The Bertz CT molecular complexity index is 643. The van der Waals surface area contributed by atoms with Gasteiger partial charge in [0.15, 0.2) is 5.82 Å². The van der Waals surface area contributed by atoms with Gasteiger partial charge in [-0.3, -0.25) is 9.59 Å². The van der Waals surface area contributed by atoms with Crippen molar-refractivity contribution in [1.29, 1.82) is 0 Å². The molecule has 0 bridgehead atoms. The summed E-state index contributed by atoms with van der Waals surface area (Å²) >= 11 is 0. The Morgan fingerprint density at radius 3 is 2.62 bits per heavy atom. The summed E-state index contributed by atoms with van der Waals surface area (Å²) in [5, 5.41) is 5.21. The SMILES string of the molecule is C=CC(=O)NCC(=O)NC1(c2nc(C)cc(C(F)F)n2)CCCC1. The number of hydrogen-bond acceptors (Lipinski definition) is 4. The summed E-state index contributed by atoms with van der Waals surface area (Å²) < 4.78 is 26.0. The number of aryl methyl sites for hydroxylation is 1. The molecule has 0 aliphatic heterocycles. The fraction of sp³-hybridized carbons (Fsp3) is 0.500. The molecule has 0 saturated heterocycles. The second-order valence-electron chi connectivity index (χ2n) is 5.82. The van der Waals surface area contributed by atoms with Crippen molar-refractivity contribution >= 4 is 11.8 Å². The summed E-state index contributed by atoms with van der Waals surface area (Å²) in [5.41, 5.74) is -0.792. The van der Waals surface area contributed by atoms with E-state index >= 15 is 0 Å². The van der Waals surface area contributed by atoms with Crippen LogP contribution in [0, 0.1) is 6.92 Å². The summed E-state index contributed by atoms with van der Waals surface area (Å²) in [6, 6.07) is 1.24. The number of hydrogen-bond donors (Lipinski definition) is 2. The van der Waals surface area contributed by atoms with Crippen LogP contribution in [0.2, 0.25) is 0 Å². The van der Waals surface area contributed by atoms with Crippen LogP contribution in [0.3, 0.4) is 0 Å². The predicted molar refractivity (Wildman–Crippen MR) is 83.2 cm³/mol. The monoisotopic (exact) mass is 338 g/mol.